The number of alkyl halides is 3. The van der Waals surface area contributed by atoms with Gasteiger partial charge in [0.2, 0.25) is 15.6 Å². The number of amides is 2. The average molecular weight is 704 g/mol. The van der Waals surface area contributed by atoms with Gasteiger partial charge in [0.05, 0.1) is 0 Å². The van der Waals surface area contributed by atoms with Crippen molar-refractivity contribution in [2.24, 2.45) is 5.41 Å². The molecular weight excluding hydrogens is 678 g/mol. The van der Waals surface area contributed by atoms with E-state index >= 15 is 0 Å². The molecule has 0 radical (unpaired) electrons. The normalized spacial score (nSPS) is 22.7. The third-order valence-electron chi connectivity index (χ3n) is 6.83. The van der Waals surface area contributed by atoms with E-state index in [1.54, 1.807) is 54.6 Å². The van der Waals surface area contributed by atoms with Crippen LogP contribution < -0.4 is 5.32 Å². The van der Waals surface area contributed by atoms with E-state index < -0.39 is 69.5 Å². The molecule has 0 spiro atoms. The molecule has 0 bridgehead atoms. The molecule has 2 aromatic carbocycles. The Bertz CT molecular complexity index is 1440. The fourth-order valence-electron chi connectivity index (χ4n) is 4.64. The minimum Gasteiger partial charge on any atom is -0.464 e. The number of carbonyl (C=O) groups is 5. The van der Waals surface area contributed by atoms with E-state index in [4.69, 9.17) is 60.6 Å². The lowest BCUT2D eigenvalue weighted by molar-refractivity contribution is -0.167. The van der Waals surface area contributed by atoms with Gasteiger partial charge in [0.15, 0.2) is 11.3 Å². The molecule has 4 atom stereocenters. The van der Waals surface area contributed by atoms with Crippen molar-refractivity contribution in [3.05, 3.63) is 82.2 Å². The maximum Gasteiger partial charge on any atom is 0.323 e. The third-order valence-corrected chi connectivity index (χ3v) is 9.04. The largest absolute Gasteiger partial charge is 0.464 e. The summed E-state index contributed by atoms with van der Waals surface area (Å²) < 4.78 is 13.9. The Morgan fingerprint density at radius 1 is 1.05 bits per heavy atom. The summed E-state index contributed by atoms with van der Waals surface area (Å²) in [5.74, 6) is -5.08. The van der Waals surface area contributed by atoms with Crippen LogP contribution in [0.5, 0.6) is 0 Å². The molecule has 2 aliphatic heterocycles. The zero-order chi connectivity index (χ0) is 32.1. The van der Waals surface area contributed by atoms with Crippen molar-refractivity contribution < 1.29 is 38.2 Å². The predicted molar refractivity (Wildman–Crippen MR) is 165 cm³/mol. The summed E-state index contributed by atoms with van der Waals surface area (Å²) in [6.07, 6.45) is 0. The Morgan fingerprint density at radius 3 is 2.27 bits per heavy atom. The van der Waals surface area contributed by atoms with E-state index in [0.29, 0.717) is 5.56 Å². The van der Waals surface area contributed by atoms with Crippen LogP contribution in [-0.4, -0.2) is 69.6 Å². The van der Waals surface area contributed by atoms with E-state index in [-0.39, 0.29) is 18.1 Å². The highest BCUT2D eigenvalue weighted by molar-refractivity contribution is 8.04. The molecule has 44 heavy (non-hydrogen) atoms. The number of carbonyl (C=O) groups excluding carboxylic acids is 5. The van der Waals surface area contributed by atoms with Crippen LogP contribution in [0.4, 0.5) is 0 Å². The van der Waals surface area contributed by atoms with Gasteiger partial charge in [-0.3, -0.25) is 24.0 Å². The van der Waals surface area contributed by atoms with Crippen LogP contribution in [-0.2, 0) is 44.8 Å². The second-order valence-corrected chi connectivity index (χ2v) is 13.8. The van der Waals surface area contributed by atoms with Gasteiger partial charge in [0, 0.05) is 23.9 Å². The summed E-state index contributed by atoms with van der Waals surface area (Å²) in [4.78, 5) is 66.6. The van der Waals surface area contributed by atoms with E-state index in [1.807, 2.05) is 6.07 Å². The molecule has 3 unspecified atom stereocenters. The maximum atomic E-state index is 13.6. The van der Waals surface area contributed by atoms with E-state index in [9.17, 15) is 24.0 Å². The van der Waals surface area contributed by atoms with Gasteiger partial charge in [-0.05, 0) is 11.1 Å². The fraction of sp³-hybridized carbons (Fsp3) is 0.345. The monoisotopic (exact) mass is 702 g/mol. The molecule has 10 nitrogen and oxygen atoms in total. The van der Waals surface area contributed by atoms with Crippen LogP contribution in [0.15, 0.2) is 71.1 Å². The standard InChI is InChI=1S/C29H26Cl4N2O8S/c1-17(36)42-15-28(27(40)43-16-29(31,32)33)14-35-24(38)22(25(35)44-20(28)12-30)34-23(37)21(19-10-6-3-7-11-19)26(39)41-13-18-8-4-2-5-9-18/h2-12,21-22,25H,13-16H2,1H3,(H,34,37)/t21?,22?,25-,28?/m1/s1. The maximum absolute atomic E-state index is 13.6. The van der Waals surface area contributed by atoms with E-state index in [1.165, 1.54) is 4.90 Å². The molecule has 0 aromatic heterocycles. The lowest BCUT2D eigenvalue weighted by Gasteiger charge is -2.54. The van der Waals surface area contributed by atoms with Gasteiger partial charge in [-0.25, -0.2) is 0 Å². The van der Waals surface area contributed by atoms with Crippen molar-refractivity contribution in [1.29, 1.82) is 0 Å². The second kappa shape index (κ2) is 14.4. The average Bonchev–Trinajstić information content (AvgIpc) is 3.00. The highest BCUT2D eigenvalue weighted by Gasteiger charge is 2.61. The fourth-order valence-corrected chi connectivity index (χ4v) is 6.54. The first-order chi connectivity index (χ1) is 20.9. The number of esters is 3. The zero-order valence-corrected chi connectivity index (χ0v) is 26.9. The van der Waals surface area contributed by atoms with Gasteiger partial charge >= 0.3 is 17.9 Å². The van der Waals surface area contributed by atoms with Gasteiger partial charge in [0.1, 0.15) is 31.2 Å². The summed E-state index contributed by atoms with van der Waals surface area (Å²) in [6.45, 7) is -0.327. The number of hydrogen-bond acceptors (Lipinski definition) is 9. The number of hydrogen-bond donors (Lipinski definition) is 1. The van der Waals surface area contributed by atoms with Gasteiger partial charge in [-0.1, -0.05) is 107 Å². The number of ether oxygens (including phenoxy) is 3. The van der Waals surface area contributed by atoms with Gasteiger partial charge in [0.25, 0.3) is 0 Å². The molecule has 2 heterocycles. The molecule has 0 aliphatic carbocycles. The lowest BCUT2D eigenvalue weighted by Crippen LogP contribution is -2.74. The number of halogens is 4. The number of rotatable bonds is 10. The smallest absolute Gasteiger partial charge is 0.323 e. The highest BCUT2D eigenvalue weighted by atomic mass is 35.6. The highest BCUT2D eigenvalue weighted by Crippen LogP contribution is 2.51. The molecule has 4 rings (SSSR count). The SMILES string of the molecule is CC(=O)OCC1(C(=O)OCC(Cl)(Cl)Cl)CN2C(=O)C(NC(=O)C(C(=O)OCc3ccccc3)c3ccccc3)[C@H]2SC1=CCl. The minimum absolute atomic E-state index is 0.0480. The number of nitrogens with zero attached hydrogens (tertiary/aromatic N) is 1. The molecular formula is C29H26Cl4N2O8S. The van der Waals surface area contributed by atoms with E-state index in [2.05, 4.69) is 5.32 Å². The van der Waals surface area contributed by atoms with Crippen molar-refractivity contribution in [1.82, 2.24) is 10.2 Å². The molecule has 234 valence electrons. The number of fused-ring (bicyclic) bond motifs is 1. The lowest BCUT2D eigenvalue weighted by atomic mass is 9.85. The van der Waals surface area contributed by atoms with Crippen LogP contribution in [0.1, 0.15) is 24.0 Å². The van der Waals surface area contributed by atoms with Crippen molar-refractivity contribution in [2.45, 2.75) is 34.7 Å². The van der Waals surface area contributed by atoms with Crippen molar-refractivity contribution in [3.63, 3.8) is 0 Å². The van der Waals surface area contributed by atoms with Crippen molar-refractivity contribution >= 4 is 87.9 Å². The summed E-state index contributed by atoms with van der Waals surface area (Å²) in [5.41, 5.74) is 0.503. The minimum atomic E-state index is -1.92. The number of thioether (sulfide) groups is 1. The number of nitrogens with one attached hydrogen (secondary N) is 1. The van der Waals surface area contributed by atoms with Crippen LogP contribution in [0.25, 0.3) is 0 Å². The first-order valence-electron chi connectivity index (χ1n) is 13.1. The molecule has 2 aromatic rings. The summed E-state index contributed by atoms with van der Waals surface area (Å²) >= 11 is 24.4. The Labute approximate surface area is 277 Å². The van der Waals surface area contributed by atoms with Crippen molar-refractivity contribution in [3.8, 4) is 0 Å². The topological polar surface area (TPSA) is 128 Å². The molecule has 1 N–H and O–H groups in total. The van der Waals surface area contributed by atoms with Crippen LogP contribution in [0.3, 0.4) is 0 Å². The van der Waals surface area contributed by atoms with E-state index in [0.717, 1.165) is 29.8 Å². The quantitative estimate of drug-likeness (QED) is 0.125. The van der Waals surface area contributed by atoms with Crippen molar-refractivity contribution in [2.75, 3.05) is 19.8 Å². The Kier molecular flexibility index (Phi) is 11.1. The molecule has 2 amide bonds. The van der Waals surface area contributed by atoms with Gasteiger partial charge < -0.3 is 24.4 Å². The Morgan fingerprint density at radius 2 is 1.68 bits per heavy atom. The molecule has 2 fully saturated rings. The first-order valence-corrected chi connectivity index (χ1v) is 15.5. The van der Waals surface area contributed by atoms with Crippen LogP contribution in [0, 0.1) is 5.41 Å². The molecule has 15 heteroatoms. The summed E-state index contributed by atoms with van der Waals surface area (Å²) in [7, 11) is 0. The Balaban J connectivity index is 1.52. The molecule has 2 aliphatic rings. The van der Waals surface area contributed by atoms with Crippen LogP contribution in [0.2, 0.25) is 0 Å². The molecule has 0 saturated carbocycles. The van der Waals surface area contributed by atoms with Gasteiger partial charge in [-0.15, -0.1) is 11.8 Å². The second-order valence-electron chi connectivity index (χ2n) is 9.92. The predicted octanol–water partition coefficient (Wildman–Crippen LogP) is 4.46. The summed E-state index contributed by atoms with van der Waals surface area (Å²) in [5, 5.41) is 1.95. The first kappa shape index (κ1) is 33.9. The van der Waals surface area contributed by atoms with Crippen LogP contribution >= 0.6 is 58.2 Å². The Hall–Kier alpha value is -2.96. The number of β-lactam (4-membered cyclic amide) rings is 1. The zero-order valence-electron chi connectivity index (χ0n) is 23.0. The third kappa shape index (κ3) is 7.81. The van der Waals surface area contributed by atoms with Gasteiger partial charge in [-0.2, -0.15) is 0 Å². The molecule has 2 saturated heterocycles. The summed E-state index contributed by atoms with van der Waals surface area (Å²) in [6, 6.07) is 16.2. The number of benzene rings is 2.